The summed E-state index contributed by atoms with van der Waals surface area (Å²) >= 11 is 1.54. The number of Topliss-reactive ketones (excluding diaryl/α,β-unsaturated/α-hetero) is 1. The molecule has 0 spiro atoms. The van der Waals surface area contributed by atoms with E-state index in [1.54, 1.807) is 18.3 Å². The third kappa shape index (κ3) is 2.38. The van der Waals surface area contributed by atoms with Gasteiger partial charge in [-0.25, -0.2) is 0 Å². The second-order valence-electron chi connectivity index (χ2n) is 3.91. The molecule has 0 amide bonds. The summed E-state index contributed by atoms with van der Waals surface area (Å²) < 4.78 is 0. The average Bonchev–Trinajstić information content (AvgIpc) is 2.68. The normalized spacial score (nSPS) is 18.1. The Morgan fingerprint density at radius 3 is 2.67 bits per heavy atom. The van der Waals surface area contributed by atoms with Crippen LogP contribution in [0, 0.1) is 0 Å². The van der Waals surface area contributed by atoms with Gasteiger partial charge in [-0.3, -0.25) is 4.79 Å². The number of anilines is 1. The van der Waals surface area contributed by atoms with Crippen molar-refractivity contribution in [1.29, 1.82) is 0 Å². The van der Waals surface area contributed by atoms with Gasteiger partial charge in [0.05, 0.1) is 16.0 Å². The van der Waals surface area contributed by atoms with Gasteiger partial charge in [-0.2, -0.15) is 0 Å². The fraction of sp³-hybridized carbons (Fsp3) is 0.545. The summed E-state index contributed by atoms with van der Waals surface area (Å²) in [5, 5.41) is 10.5. The Bertz CT molecular complexity index is 353. The van der Waals surface area contributed by atoms with E-state index >= 15 is 0 Å². The Kier molecular flexibility index (Phi) is 3.07. The van der Waals surface area contributed by atoms with Crippen molar-refractivity contribution in [2.75, 3.05) is 18.0 Å². The predicted molar refractivity (Wildman–Crippen MR) is 61.8 cm³/mol. The van der Waals surface area contributed by atoms with Gasteiger partial charge in [0.15, 0.2) is 5.78 Å². The van der Waals surface area contributed by atoms with Crippen molar-refractivity contribution >= 4 is 22.1 Å². The average molecular weight is 225 g/mol. The molecule has 1 aromatic rings. The monoisotopic (exact) mass is 225 g/mol. The van der Waals surface area contributed by atoms with Crippen molar-refractivity contribution in [3.63, 3.8) is 0 Å². The molecule has 0 radical (unpaired) electrons. The third-order valence-corrected chi connectivity index (χ3v) is 3.96. The lowest BCUT2D eigenvalue weighted by Gasteiger charge is -2.30. The van der Waals surface area contributed by atoms with Gasteiger partial charge < -0.3 is 10.0 Å². The first-order valence-electron chi connectivity index (χ1n) is 5.20. The van der Waals surface area contributed by atoms with Crippen molar-refractivity contribution in [3.05, 3.63) is 17.0 Å². The zero-order valence-corrected chi connectivity index (χ0v) is 9.59. The van der Waals surface area contributed by atoms with E-state index in [2.05, 4.69) is 4.90 Å². The molecule has 2 heterocycles. The molecule has 15 heavy (non-hydrogen) atoms. The SMILES string of the molecule is CC(=O)c1ccc(N2CCC(O)CC2)s1. The number of aliphatic hydroxyl groups excluding tert-OH is 1. The lowest BCUT2D eigenvalue weighted by Crippen LogP contribution is -2.35. The van der Waals surface area contributed by atoms with Crippen LogP contribution in [0.15, 0.2) is 12.1 Å². The number of hydrogen-bond donors (Lipinski definition) is 1. The Morgan fingerprint density at radius 1 is 1.47 bits per heavy atom. The van der Waals surface area contributed by atoms with Gasteiger partial charge in [0.1, 0.15) is 0 Å². The summed E-state index contributed by atoms with van der Waals surface area (Å²) in [5.74, 6) is 0.128. The summed E-state index contributed by atoms with van der Waals surface area (Å²) in [6.45, 7) is 3.37. The van der Waals surface area contributed by atoms with Crippen molar-refractivity contribution in [3.8, 4) is 0 Å². The highest BCUT2D eigenvalue weighted by molar-refractivity contribution is 7.18. The molecule has 82 valence electrons. The van der Waals surface area contributed by atoms with Gasteiger partial charge >= 0.3 is 0 Å². The maximum absolute atomic E-state index is 11.1. The lowest BCUT2D eigenvalue weighted by molar-refractivity contribution is 0.102. The van der Waals surface area contributed by atoms with Gasteiger partial charge in [-0.1, -0.05) is 0 Å². The molecule has 1 aliphatic heterocycles. The fourth-order valence-corrected chi connectivity index (χ4v) is 2.73. The van der Waals surface area contributed by atoms with Gasteiger partial charge in [0.2, 0.25) is 0 Å². The molecule has 0 atom stereocenters. The minimum atomic E-state index is -0.145. The standard InChI is InChI=1S/C11H15NO2S/c1-8(13)10-2-3-11(15-10)12-6-4-9(14)5-7-12/h2-3,9,14H,4-7H2,1H3. The van der Waals surface area contributed by atoms with Crippen molar-refractivity contribution in [1.82, 2.24) is 0 Å². The molecular weight excluding hydrogens is 210 g/mol. The molecule has 0 saturated carbocycles. The van der Waals surface area contributed by atoms with Crippen LogP contribution in [-0.4, -0.2) is 30.1 Å². The molecule has 1 fully saturated rings. The number of ketones is 1. The van der Waals surface area contributed by atoms with Crippen molar-refractivity contribution in [2.24, 2.45) is 0 Å². The molecule has 0 aliphatic carbocycles. The number of thiophene rings is 1. The summed E-state index contributed by atoms with van der Waals surface area (Å²) in [6.07, 6.45) is 1.51. The Hall–Kier alpha value is -0.870. The Balaban J connectivity index is 2.06. The van der Waals surface area contributed by atoms with Crippen LogP contribution >= 0.6 is 11.3 Å². The molecule has 2 rings (SSSR count). The highest BCUT2D eigenvalue weighted by Crippen LogP contribution is 2.28. The third-order valence-electron chi connectivity index (χ3n) is 2.71. The van der Waals surface area contributed by atoms with Gasteiger partial charge in [-0.15, -0.1) is 11.3 Å². The van der Waals surface area contributed by atoms with E-state index in [4.69, 9.17) is 0 Å². The zero-order chi connectivity index (χ0) is 10.8. The minimum Gasteiger partial charge on any atom is -0.393 e. The number of rotatable bonds is 2. The molecule has 1 aliphatic rings. The van der Waals surface area contributed by atoms with Crippen LogP contribution in [0.4, 0.5) is 5.00 Å². The van der Waals surface area contributed by atoms with E-state index in [0.717, 1.165) is 35.8 Å². The molecule has 1 aromatic heterocycles. The second kappa shape index (κ2) is 4.33. The first-order chi connectivity index (χ1) is 7.16. The van der Waals surface area contributed by atoms with Crippen LogP contribution < -0.4 is 4.90 Å². The molecule has 0 aromatic carbocycles. The maximum Gasteiger partial charge on any atom is 0.169 e. The molecular formula is C11H15NO2S. The summed E-state index contributed by atoms with van der Waals surface area (Å²) in [7, 11) is 0. The molecule has 3 nitrogen and oxygen atoms in total. The van der Waals surface area contributed by atoms with Crippen molar-refractivity contribution in [2.45, 2.75) is 25.9 Å². The number of carbonyl (C=O) groups excluding carboxylic acids is 1. The van der Waals surface area contributed by atoms with Crippen LogP contribution in [0.3, 0.4) is 0 Å². The number of piperidine rings is 1. The van der Waals surface area contributed by atoms with E-state index in [0.29, 0.717) is 0 Å². The van der Waals surface area contributed by atoms with Crippen LogP contribution in [-0.2, 0) is 0 Å². The zero-order valence-electron chi connectivity index (χ0n) is 8.77. The highest BCUT2D eigenvalue weighted by atomic mass is 32.1. The minimum absolute atomic E-state index is 0.128. The van der Waals surface area contributed by atoms with Crippen LogP contribution in [0.5, 0.6) is 0 Å². The molecule has 1 N–H and O–H groups in total. The number of aliphatic hydroxyl groups is 1. The van der Waals surface area contributed by atoms with E-state index in [9.17, 15) is 9.90 Å². The predicted octanol–water partition coefficient (Wildman–Crippen LogP) is 1.91. The lowest BCUT2D eigenvalue weighted by atomic mass is 10.1. The van der Waals surface area contributed by atoms with Crippen LogP contribution in [0.2, 0.25) is 0 Å². The first-order valence-corrected chi connectivity index (χ1v) is 6.02. The van der Waals surface area contributed by atoms with Crippen LogP contribution in [0.25, 0.3) is 0 Å². The Labute approximate surface area is 93.3 Å². The summed E-state index contributed by atoms with van der Waals surface area (Å²) in [6, 6.07) is 3.88. The van der Waals surface area contributed by atoms with E-state index in [1.807, 2.05) is 12.1 Å². The number of hydrogen-bond acceptors (Lipinski definition) is 4. The van der Waals surface area contributed by atoms with E-state index < -0.39 is 0 Å². The van der Waals surface area contributed by atoms with Gasteiger partial charge in [-0.05, 0) is 31.9 Å². The fourth-order valence-electron chi connectivity index (χ4n) is 1.77. The van der Waals surface area contributed by atoms with Gasteiger partial charge in [0, 0.05) is 13.1 Å². The van der Waals surface area contributed by atoms with Crippen LogP contribution in [0.1, 0.15) is 29.4 Å². The Morgan fingerprint density at radius 2 is 2.13 bits per heavy atom. The van der Waals surface area contributed by atoms with E-state index in [1.165, 1.54) is 0 Å². The molecule has 1 saturated heterocycles. The quantitative estimate of drug-likeness (QED) is 0.782. The van der Waals surface area contributed by atoms with E-state index in [-0.39, 0.29) is 11.9 Å². The first kappa shape index (κ1) is 10.6. The number of nitrogens with zero attached hydrogens (tertiary/aromatic N) is 1. The largest absolute Gasteiger partial charge is 0.393 e. The molecule has 0 unspecified atom stereocenters. The number of carbonyl (C=O) groups is 1. The summed E-state index contributed by atoms with van der Waals surface area (Å²) in [4.78, 5) is 14.2. The second-order valence-corrected chi connectivity index (χ2v) is 4.97. The smallest absolute Gasteiger partial charge is 0.169 e. The molecule has 4 heteroatoms. The van der Waals surface area contributed by atoms with Crippen molar-refractivity contribution < 1.29 is 9.90 Å². The highest BCUT2D eigenvalue weighted by Gasteiger charge is 2.18. The topological polar surface area (TPSA) is 40.5 Å². The molecule has 0 bridgehead atoms. The summed E-state index contributed by atoms with van der Waals surface area (Å²) in [5.41, 5.74) is 0. The van der Waals surface area contributed by atoms with Gasteiger partial charge in [0.25, 0.3) is 0 Å². The maximum atomic E-state index is 11.1.